The number of aryl methyl sites for hydroxylation is 1. The van der Waals surface area contributed by atoms with E-state index in [1.807, 2.05) is 55.5 Å². The molecule has 41 heavy (non-hydrogen) atoms. The summed E-state index contributed by atoms with van der Waals surface area (Å²) in [5.41, 5.74) is 7.64. The van der Waals surface area contributed by atoms with Crippen molar-refractivity contribution in [2.24, 2.45) is 0 Å². The molecule has 1 aliphatic rings. The van der Waals surface area contributed by atoms with Crippen LogP contribution in [0.15, 0.2) is 84.0 Å². The highest BCUT2D eigenvalue weighted by Crippen LogP contribution is 2.32. The van der Waals surface area contributed by atoms with E-state index in [9.17, 15) is 4.79 Å². The van der Waals surface area contributed by atoms with Gasteiger partial charge in [-0.05, 0) is 80.3 Å². The number of hydrogen-bond donors (Lipinski definition) is 1. The predicted molar refractivity (Wildman–Crippen MR) is 159 cm³/mol. The molecule has 1 N–H and O–H groups in total. The summed E-state index contributed by atoms with van der Waals surface area (Å²) in [4.78, 5) is 26.7. The maximum atomic E-state index is 15.2. The molecule has 0 aliphatic carbocycles. The lowest BCUT2D eigenvalue weighted by atomic mass is 10.0. The molecule has 0 unspecified atom stereocenters. The molecule has 0 saturated carbocycles. The minimum atomic E-state index is -0.207. The molecule has 5 heterocycles. The molecular weight excluding hydrogens is 515 g/mol. The molecule has 1 atom stereocenters. The minimum Gasteiger partial charge on any atom is -0.322 e. The zero-order valence-corrected chi connectivity index (χ0v) is 22.9. The van der Waals surface area contributed by atoms with Gasteiger partial charge >= 0.3 is 0 Å². The molecule has 0 spiro atoms. The summed E-state index contributed by atoms with van der Waals surface area (Å²) < 4.78 is 17.0. The van der Waals surface area contributed by atoms with Crippen molar-refractivity contribution in [1.82, 2.24) is 29.5 Å². The molecule has 7 rings (SSSR count). The maximum absolute atomic E-state index is 15.2. The van der Waals surface area contributed by atoms with E-state index < -0.39 is 0 Å². The molecule has 7 nitrogen and oxygen atoms in total. The second-order valence-electron chi connectivity index (χ2n) is 10.9. The number of H-pyrrole nitrogens is 1. The maximum Gasteiger partial charge on any atom is 0.249 e. The van der Waals surface area contributed by atoms with Gasteiger partial charge in [-0.25, -0.2) is 13.9 Å². The highest BCUT2D eigenvalue weighted by Gasteiger charge is 2.22. The Labute approximate surface area is 236 Å². The Morgan fingerprint density at radius 3 is 2.59 bits per heavy atom. The van der Waals surface area contributed by atoms with E-state index in [4.69, 9.17) is 5.10 Å². The topological polar surface area (TPSA) is 79.2 Å². The van der Waals surface area contributed by atoms with Gasteiger partial charge in [0.25, 0.3) is 0 Å². The van der Waals surface area contributed by atoms with Crippen LogP contribution in [-0.2, 0) is 6.54 Å². The van der Waals surface area contributed by atoms with Crippen LogP contribution in [-0.4, -0.2) is 42.1 Å². The summed E-state index contributed by atoms with van der Waals surface area (Å²) >= 11 is 0. The number of fused-ring (bicyclic) bond motifs is 2. The van der Waals surface area contributed by atoms with Crippen LogP contribution >= 0.6 is 0 Å². The second-order valence-corrected chi connectivity index (χ2v) is 10.9. The summed E-state index contributed by atoms with van der Waals surface area (Å²) in [5, 5.41) is 5.73. The Morgan fingerprint density at radius 2 is 1.80 bits per heavy atom. The van der Waals surface area contributed by atoms with Gasteiger partial charge < -0.3 is 4.98 Å². The van der Waals surface area contributed by atoms with Gasteiger partial charge in [-0.1, -0.05) is 24.3 Å². The summed E-state index contributed by atoms with van der Waals surface area (Å²) in [6, 6.07) is 19.3. The third kappa shape index (κ3) is 4.60. The van der Waals surface area contributed by atoms with Crippen molar-refractivity contribution in [3.8, 4) is 33.5 Å². The number of nitrogens with one attached hydrogen (secondary N) is 1. The number of halogens is 1. The average Bonchev–Trinajstić information content (AvgIpc) is 3.58. The quantitative estimate of drug-likeness (QED) is 0.272. The molecule has 1 saturated heterocycles. The van der Waals surface area contributed by atoms with Crippen LogP contribution in [0.1, 0.15) is 31.0 Å². The Morgan fingerprint density at radius 1 is 0.976 bits per heavy atom. The first-order valence-corrected chi connectivity index (χ1v) is 13.9. The summed E-state index contributed by atoms with van der Waals surface area (Å²) in [5.74, 6) is -0.203. The molecule has 2 aromatic carbocycles. The van der Waals surface area contributed by atoms with Crippen molar-refractivity contribution in [3.63, 3.8) is 0 Å². The van der Waals surface area contributed by atoms with Crippen LogP contribution in [0, 0.1) is 12.7 Å². The standard InChI is InChI=1S/C33H29FN6O/c1-20-4-3-13-39(20)19-25-6-5-24(14-29(25)34)27-16-32-36-18-31(40(32)38-21(27)2)28-17-33(41)37-30-15-23(7-8-26(28)30)22-9-11-35-12-10-22/h5-12,14-18,20H,3-4,13,19H2,1-2H3,(H,37,41)/t20-/m1/s1. The molecule has 0 bridgehead atoms. The van der Waals surface area contributed by atoms with Gasteiger partial charge in [0.05, 0.1) is 17.6 Å². The Kier molecular flexibility index (Phi) is 6.20. The number of imidazole rings is 1. The predicted octanol–water partition coefficient (Wildman–Crippen LogP) is 6.40. The molecule has 0 radical (unpaired) electrons. The Balaban J connectivity index is 1.26. The zero-order valence-electron chi connectivity index (χ0n) is 22.9. The molecule has 0 amide bonds. The molecular formula is C33H29FN6O. The number of pyridine rings is 2. The van der Waals surface area contributed by atoms with Crippen LogP contribution in [0.25, 0.3) is 50.1 Å². The van der Waals surface area contributed by atoms with Crippen molar-refractivity contribution in [1.29, 1.82) is 0 Å². The lowest BCUT2D eigenvalue weighted by Crippen LogP contribution is -2.26. The highest BCUT2D eigenvalue weighted by atomic mass is 19.1. The number of aromatic amines is 1. The van der Waals surface area contributed by atoms with E-state index >= 15 is 4.39 Å². The van der Waals surface area contributed by atoms with Crippen molar-refractivity contribution < 1.29 is 4.39 Å². The molecule has 204 valence electrons. The average molecular weight is 545 g/mol. The number of nitrogens with zero attached hydrogens (tertiary/aromatic N) is 5. The van der Waals surface area contributed by atoms with Crippen molar-refractivity contribution >= 4 is 16.6 Å². The molecule has 8 heteroatoms. The fraction of sp³-hybridized carbons (Fsp3) is 0.212. The van der Waals surface area contributed by atoms with Gasteiger partial charge in [0.2, 0.25) is 5.56 Å². The first kappa shape index (κ1) is 25.3. The van der Waals surface area contributed by atoms with Crippen LogP contribution in [0.2, 0.25) is 0 Å². The van der Waals surface area contributed by atoms with E-state index in [1.54, 1.807) is 35.2 Å². The fourth-order valence-electron chi connectivity index (χ4n) is 5.96. The summed E-state index contributed by atoms with van der Waals surface area (Å²) in [6.45, 7) is 5.75. The van der Waals surface area contributed by atoms with Crippen LogP contribution in [0.5, 0.6) is 0 Å². The second kappa shape index (κ2) is 10.1. The first-order chi connectivity index (χ1) is 19.9. The number of hydrogen-bond acceptors (Lipinski definition) is 5. The van der Waals surface area contributed by atoms with E-state index in [0.29, 0.717) is 29.5 Å². The summed E-state index contributed by atoms with van der Waals surface area (Å²) in [6.07, 6.45) is 7.56. The smallest absolute Gasteiger partial charge is 0.249 e. The van der Waals surface area contributed by atoms with Gasteiger partial charge in [0.1, 0.15) is 5.82 Å². The van der Waals surface area contributed by atoms with Gasteiger partial charge in [-0.2, -0.15) is 5.10 Å². The third-order valence-electron chi connectivity index (χ3n) is 8.24. The molecule has 4 aromatic heterocycles. The van der Waals surface area contributed by atoms with E-state index in [-0.39, 0.29) is 11.4 Å². The lowest BCUT2D eigenvalue weighted by Gasteiger charge is -2.21. The van der Waals surface area contributed by atoms with Crippen molar-refractivity contribution in [3.05, 3.63) is 107 Å². The number of aromatic nitrogens is 5. The van der Waals surface area contributed by atoms with Crippen molar-refractivity contribution in [2.75, 3.05) is 6.54 Å². The third-order valence-corrected chi connectivity index (χ3v) is 8.24. The minimum absolute atomic E-state index is 0.203. The SMILES string of the molecule is Cc1nn2c(-c3cc(=O)[nH]c4cc(-c5ccncc5)ccc34)cnc2cc1-c1ccc(CN2CCC[C@H]2C)c(F)c1. The van der Waals surface area contributed by atoms with E-state index in [0.717, 1.165) is 63.8 Å². The molecule has 1 aliphatic heterocycles. The normalized spacial score (nSPS) is 15.7. The van der Waals surface area contributed by atoms with Gasteiger partial charge in [-0.15, -0.1) is 0 Å². The van der Waals surface area contributed by atoms with E-state index in [2.05, 4.69) is 26.8 Å². The zero-order chi connectivity index (χ0) is 28.1. The Hall–Kier alpha value is -4.69. The number of rotatable bonds is 5. The highest BCUT2D eigenvalue weighted by molar-refractivity contribution is 5.96. The number of benzene rings is 2. The number of likely N-dealkylation sites (tertiary alicyclic amines) is 1. The lowest BCUT2D eigenvalue weighted by molar-refractivity contribution is 0.257. The van der Waals surface area contributed by atoms with Gasteiger partial charge in [-0.3, -0.25) is 14.7 Å². The monoisotopic (exact) mass is 544 g/mol. The fourth-order valence-corrected chi connectivity index (χ4v) is 5.96. The van der Waals surface area contributed by atoms with E-state index in [1.165, 1.54) is 0 Å². The van der Waals surface area contributed by atoms with Gasteiger partial charge in [0.15, 0.2) is 5.65 Å². The molecule has 1 fully saturated rings. The van der Waals surface area contributed by atoms with Gasteiger partial charge in [0, 0.05) is 58.6 Å². The van der Waals surface area contributed by atoms with Crippen molar-refractivity contribution in [2.45, 2.75) is 39.3 Å². The first-order valence-electron chi connectivity index (χ1n) is 13.9. The van der Waals surface area contributed by atoms with Crippen LogP contribution < -0.4 is 5.56 Å². The van der Waals surface area contributed by atoms with Crippen LogP contribution in [0.4, 0.5) is 4.39 Å². The Bertz CT molecular complexity index is 1980. The summed E-state index contributed by atoms with van der Waals surface area (Å²) in [7, 11) is 0. The van der Waals surface area contributed by atoms with Crippen LogP contribution in [0.3, 0.4) is 0 Å². The molecule has 6 aromatic rings. The largest absolute Gasteiger partial charge is 0.322 e.